The molecular formula is C17H26ClNO4. The summed E-state index contributed by atoms with van der Waals surface area (Å²) >= 11 is 6.18. The summed E-state index contributed by atoms with van der Waals surface area (Å²) in [5.74, 6) is 0.375. The Morgan fingerprint density at radius 1 is 1.30 bits per heavy atom. The van der Waals surface area contributed by atoms with Crippen molar-refractivity contribution in [3.63, 3.8) is 0 Å². The average molecular weight is 344 g/mol. The van der Waals surface area contributed by atoms with Crippen LogP contribution >= 0.6 is 11.6 Å². The molecule has 0 aliphatic carbocycles. The van der Waals surface area contributed by atoms with Crippen LogP contribution in [-0.4, -0.2) is 38.9 Å². The molecule has 6 heteroatoms. The van der Waals surface area contributed by atoms with Gasteiger partial charge in [0.25, 0.3) is 5.91 Å². The Labute approximate surface area is 143 Å². The number of nitrogens with one attached hydrogen (secondary N) is 1. The Hall–Kier alpha value is -1.30. The quantitative estimate of drug-likeness (QED) is 0.655. The highest BCUT2D eigenvalue weighted by Gasteiger charge is 2.32. The molecule has 0 fully saturated rings. The van der Waals surface area contributed by atoms with Crippen LogP contribution < -0.4 is 10.1 Å². The maximum absolute atomic E-state index is 12.5. The molecule has 5 nitrogen and oxygen atoms in total. The summed E-state index contributed by atoms with van der Waals surface area (Å²) in [6.07, 6.45) is 2.59. The van der Waals surface area contributed by atoms with E-state index in [2.05, 4.69) is 12.2 Å². The van der Waals surface area contributed by atoms with Gasteiger partial charge >= 0.3 is 0 Å². The molecule has 0 heterocycles. The number of methoxy groups -OCH3 is 2. The summed E-state index contributed by atoms with van der Waals surface area (Å²) in [7, 11) is 3.16. The number of halogens is 1. The molecule has 23 heavy (non-hydrogen) atoms. The smallest absolute Gasteiger partial charge is 0.256 e. The molecule has 0 saturated heterocycles. The number of rotatable bonds is 10. The Morgan fingerprint density at radius 2 is 2.04 bits per heavy atom. The first-order valence-electron chi connectivity index (χ1n) is 7.74. The standard InChI is InChI=1S/C17H26ClNO4/c1-5-6-9-17(2,22-4)16(20)19-13-7-8-15(14(18)12-13)23-11-10-21-3/h7-8,12H,5-6,9-11H2,1-4H3,(H,19,20)/t17-/m0/s1. The number of carbonyl (C=O) groups is 1. The second-order valence-corrected chi connectivity index (χ2v) is 5.89. The van der Waals surface area contributed by atoms with Crippen LogP contribution in [0.3, 0.4) is 0 Å². The number of amides is 1. The van der Waals surface area contributed by atoms with Crippen molar-refractivity contribution in [2.75, 3.05) is 32.8 Å². The summed E-state index contributed by atoms with van der Waals surface area (Å²) in [4.78, 5) is 12.5. The summed E-state index contributed by atoms with van der Waals surface area (Å²) < 4.78 is 15.8. The molecule has 1 atom stereocenters. The minimum absolute atomic E-state index is 0.183. The molecule has 0 unspecified atom stereocenters. The van der Waals surface area contributed by atoms with Crippen LogP contribution in [0.1, 0.15) is 33.1 Å². The Morgan fingerprint density at radius 3 is 2.61 bits per heavy atom. The van der Waals surface area contributed by atoms with Gasteiger partial charge in [0, 0.05) is 19.9 Å². The van der Waals surface area contributed by atoms with Gasteiger partial charge in [-0.1, -0.05) is 31.4 Å². The summed E-state index contributed by atoms with van der Waals surface area (Å²) in [5, 5.41) is 3.29. The van der Waals surface area contributed by atoms with Gasteiger partial charge in [-0.15, -0.1) is 0 Å². The summed E-state index contributed by atoms with van der Waals surface area (Å²) in [6, 6.07) is 5.14. The van der Waals surface area contributed by atoms with E-state index in [-0.39, 0.29) is 5.91 Å². The van der Waals surface area contributed by atoms with Gasteiger partial charge in [-0.05, 0) is 31.5 Å². The molecule has 0 saturated carbocycles. The van der Waals surface area contributed by atoms with Crippen molar-refractivity contribution in [1.82, 2.24) is 0 Å². The summed E-state index contributed by atoms with van der Waals surface area (Å²) in [5.41, 5.74) is -0.241. The Balaban J connectivity index is 2.72. The van der Waals surface area contributed by atoms with E-state index in [0.29, 0.717) is 36.1 Å². The lowest BCUT2D eigenvalue weighted by molar-refractivity contribution is -0.136. The number of ether oxygens (including phenoxy) is 3. The van der Waals surface area contributed by atoms with Crippen molar-refractivity contribution >= 4 is 23.2 Å². The van der Waals surface area contributed by atoms with E-state index in [1.165, 1.54) is 0 Å². The molecule has 0 bridgehead atoms. The molecule has 0 aromatic heterocycles. The third-order valence-electron chi connectivity index (χ3n) is 3.67. The fourth-order valence-electron chi connectivity index (χ4n) is 2.02. The molecule has 0 radical (unpaired) electrons. The second kappa shape index (κ2) is 9.75. The van der Waals surface area contributed by atoms with Gasteiger partial charge < -0.3 is 19.5 Å². The normalized spacial score (nSPS) is 13.4. The maximum atomic E-state index is 12.5. The van der Waals surface area contributed by atoms with Crippen LogP contribution in [0, 0.1) is 0 Å². The zero-order valence-corrected chi connectivity index (χ0v) is 15.0. The van der Waals surface area contributed by atoms with Crippen LogP contribution in [0.4, 0.5) is 5.69 Å². The Kier molecular flexibility index (Phi) is 8.37. The first kappa shape index (κ1) is 19.7. The van der Waals surface area contributed by atoms with Crippen LogP contribution in [0.15, 0.2) is 18.2 Å². The lowest BCUT2D eigenvalue weighted by atomic mass is 9.97. The predicted molar refractivity (Wildman–Crippen MR) is 92.4 cm³/mol. The molecular weight excluding hydrogens is 318 g/mol. The van der Waals surface area contributed by atoms with Crippen molar-refractivity contribution in [2.45, 2.75) is 38.7 Å². The van der Waals surface area contributed by atoms with Crippen molar-refractivity contribution < 1.29 is 19.0 Å². The third-order valence-corrected chi connectivity index (χ3v) is 3.97. The highest BCUT2D eigenvalue weighted by atomic mass is 35.5. The van der Waals surface area contributed by atoms with Crippen molar-refractivity contribution in [2.24, 2.45) is 0 Å². The van der Waals surface area contributed by atoms with Gasteiger partial charge in [-0.25, -0.2) is 0 Å². The number of carbonyl (C=O) groups excluding carboxylic acids is 1. The first-order valence-corrected chi connectivity index (χ1v) is 8.12. The van der Waals surface area contributed by atoms with Crippen molar-refractivity contribution in [3.8, 4) is 5.75 Å². The topological polar surface area (TPSA) is 56.8 Å². The molecule has 1 amide bonds. The highest BCUT2D eigenvalue weighted by Crippen LogP contribution is 2.29. The largest absolute Gasteiger partial charge is 0.490 e. The van der Waals surface area contributed by atoms with Crippen LogP contribution in [0.2, 0.25) is 5.02 Å². The number of anilines is 1. The van der Waals surface area contributed by atoms with E-state index in [0.717, 1.165) is 12.8 Å². The molecule has 0 spiro atoms. The number of benzene rings is 1. The molecule has 1 aromatic rings. The van der Waals surface area contributed by atoms with Crippen LogP contribution in [0.5, 0.6) is 5.75 Å². The van der Waals surface area contributed by atoms with Gasteiger partial charge in [-0.2, -0.15) is 0 Å². The van der Waals surface area contributed by atoms with Gasteiger partial charge in [0.05, 0.1) is 11.6 Å². The number of unbranched alkanes of at least 4 members (excludes halogenated alkanes) is 1. The van der Waals surface area contributed by atoms with Crippen LogP contribution in [0.25, 0.3) is 0 Å². The zero-order chi connectivity index (χ0) is 17.3. The highest BCUT2D eigenvalue weighted by molar-refractivity contribution is 6.32. The lowest BCUT2D eigenvalue weighted by Gasteiger charge is -2.26. The average Bonchev–Trinajstić information content (AvgIpc) is 2.54. The monoisotopic (exact) mass is 343 g/mol. The molecule has 1 N–H and O–H groups in total. The molecule has 1 aromatic carbocycles. The minimum atomic E-state index is -0.851. The maximum Gasteiger partial charge on any atom is 0.256 e. The van der Waals surface area contributed by atoms with Gasteiger partial charge in [0.15, 0.2) is 0 Å². The predicted octanol–water partition coefficient (Wildman–Crippen LogP) is 3.90. The minimum Gasteiger partial charge on any atom is -0.490 e. The summed E-state index contributed by atoms with van der Waals surface area (Å²) in [6.45, 7) is 4.77. The fraction of sp³-hybridized carbons (Fsp3) is 0.588. The zero-order valence-electron chi connectivity index (χ0n) is 14.3. The lowest BCUT2D eigenvalue weighted by Crippen LogP contribution is -2.41. The van der Waals surface area contributed by atoms with Gasteiger partial charge in [0.2, 0.25) is 0 Å². The van der Waals surface area contributed by atoms with E-state index >= 15 is 0 Å². The molecule has 130 valence electrons. The van der Waals surface area contributed by atoms with E-state index in [1.807, 2.05) is 0 Å². The van der Waals surface area contributed by atoms with E-state index in [9.17, 15) is 4.79 Å². The van der Waals surface area contributed by atoms with Crippen LogP contribution in [-0.2, 0) is 14.3 Å². The fourth-order valence-corrected chi connectivity index (χ4v) is 2.25. The van der Waals surface area contributed by atoms with Gasteiger partial charge in [0.1, 0.15) is 18.0 Å². The van der Waals surface area contributed by atoms with Gasteiger partial charge in [-0.3, -0.25) is 4.79 Å². The Bertz CT molecular complexity index is 509. The van der Waals surface area contributed by atoms with Crippen molar-refractivity contribution in [1.29, 1.82) is 0 Å². The number of hydrogen-bond donors (Lipinski definition) is 1. The molecule has 0 aliphatic heterocycles. The first-order chi connectivity index (χ1) is 11.0. The van der Waals surface area contributed by atoms with Crippen molar-refractivity contribution in [3.05, 3.63) is 23.2 Å². The van der Waals surface area contributed by atoms with E-state index < -0.39 is 5.60 Å². The van der Waals surface area contributed by atoms with E-state index in [4.69, 9.17) is 25.8 Å². The SMILES string of the molecule is CCCC[C@](C)(OC)C(=O)Nc1ccc(OCCOC)c(Cl)c1. The molecule has 1 rings (SSSR count). The molecule has 0 aliphatic rings. The third kappa shape index (κ3) is 6.01. The number of hydrogen-bond acceptors (Lipinski definition) is 4. The second-order valence-electron chi connectivity index (χ2n) is 5.48. The van der Waals surface area contributed by atoms with E-state index in [1.54, 1.807) is 39.3 Å².